The molecule has 3 rings (SSSR count). The fraction of sp³-hybridized carbons (Fsp3) is 0.538. The van der Waals surface area contributed by atoms with Crippen molar-refractivity contribution in [1.29, 1.82) is 0 Å². The number of aliphatic hydroxyl groups is 1. The molecule has 0 bridgehead atoms. The van der Waals surface area contributed by atoms with Gasteiger partial charge in [-0.15, -0.1) is 0 Å². The van der Waals surface area contributed by atoms with Crippen LogP contribution in [-0.2, 0) is 0 Å². The van der Waals surface area contributed by atoms with Gasteiger partial charge in [0.1, 0.15) is 0 Å². The van der Waals surface area contributed by atoms with Gasteiger partial charge in [0.05, 0.1) is 6.10 Å². The van der Waals surface area contributed by atoms with E-state index >= 15 is 0 Å². The fourth-order valence-electron chi connectivity index (χ4n) is 3.48. The van der Waals surface area contributed by atoms with Crippen LogP contribution >= 0.6 is 0 Å². The third-order valence-corrected chi connectivity index (χ3v) is 4.30. The van der Waals surface area contributed by atoms with Crippen molar-refractivity contribution in [3.63, 3.8) is 0 Å². The molecule has 0 radical (unpaired) electrons. The minimum Gasteiger partial charge on any atom is -0.388 e. The molecule has 3 aliphatic rings. The molecular weight excluding hydrogens is 172 g/mol. The van der Waals surface area contributed by atoms with Crippen LogP contribution in [-0.4, -0.2) is 11.2 Å². The largest absolute Gasteiger partial charge is 0.388 e. The van der Waals surface area contributed by atoms with Crippen LogP contribution < -0.4 is 0 Å². The van der Waals surface area contributed by atoms with Gasteiger partial charge in [-0.3, -0.25) is 0 Å². The Morgan fingerprint density at radius 1 is 1.00 bits per heavy atom. The summed E-state index contributed by atoms with van der Waals surface area (Å²) < 4.78 is 0. The Bertz CT molecular complexity index is 339. The van der Waals surface area contributed by atoms with E-state index in [1.165, 1.54) is 19.3 Å². The van der Waals surface area contributed by atoms with Gasteiger partial charge in [0.2, 0.25) is 0 Å². The van der Waals surface area contributed by atoms with Gasteiger partial charge in [0.25, 0.3) is 0 Å². The first kappa shape index (κ1) is 8.49. The maximum absolute atomic E-state index is 10.1. The molecule has 0 aromatic heterocycles. The van der Waals surface area contributed by atoms with Crippen LogP contribution in [0.2, 0.25) is 0 Å². The first-order valence-electron chi connectivity index (χ1n) is 5.54. The zero-order valence-electron chi connectivity index (χ0n) is 8.32. The molecular formula is C13H16O. The van der Waals surface area contributed by atoms with E-state index in [0.717, 1.165) is 6.42 Å². The quantitative estimate of drug-likeness (QED) is 0.579. The van der Waals surface area contributed by atoms with Crippen LogP contribution in [0.5, 0.6) is 0 Å². The first-order valence-corrected chi connectivity index (χ1v) is 5.54. The average Bonchev–Trinajstić information content (AvgIpc) is 2.54. The summed E-state index contributed by atoms with van der Waals surface area (Å²) in [5, 5.41) is 10.1. The molecule has 1 N–H and O–H groups in total. The van der Waals surface area contributed by atoms with Crippen LogP contribution in [0, 0.1) is 10.8 Å². The lowest BCUT2D eigenvalue weighted by Gasteiger charge is -2.49. The Morgan fingerprint density at radius 2 is 1.79 bits per heavy atom. The van der Waals surface area contributed by atoms with E-state index in [2.05, 4.69) is 30.4 Å². The molecule has 0 aromatic carbocycles. The number of aliphatic hydroxyl groups excluding tert-OH is 1. The topological polar surface area (TPSA) is 20.2 Å². The van der Waals surface area contributed by atoms with Crippen LogP contribution in [0.25, 0.3) is 0 Å². The van der Waals surface area contributed by atoms with Crippen LogP contribution in [0.15, 0.2) is 36.5 Å². The zero-order valence-corrected chi connectivity index (χ0v) is 8.32. The van der Waals surface area contributed by atoms with E-state index in [0.29, 0.717) is 0 Å². The molecule has 0 aromatic rings. The molecule has 74 valence electrons. The van der Waals surface area contributed by atoms with Gasteiger partial charge in [0.15, 0.2) is 0 Å². The molecule has 14 heavy (non-hydrogen) atoms. The molecule has 1 nitrogen and oxygen atoms in total. The molecule has 0 aliphatic heterocycles. The predicted octanol–water partition coefficient (Wildman–Crippen LogP) is 2.59. The van der Waals surface area contributed by atoms with E-state index in [9.17, 15) is 5.11 Å². The van der Waals surface area contributed by atoms with Crippen LogP contribution in [0.1, 0.15) is 25.7 Å². The van der Waals surface area contributed by atoms with Crippen LogP contribution in [0.3, 0.4) is 0 Å². The molecule has 1 fully saturated rings. The highest BCUT2D eigenvalue weighted by molar-refractivity contribution is 5.39. The van der Waals surface area contributed by atoms with Gasteiger partial charge in [-0.05, 0) is 12.8 Å². The zero-order chi connectivity index (χ0) is 9.65. The molecule has 1 heteroatoms. The SMILES string of the molecule is O[C@@H]1C=CC23C=CC=CC12CCCC3. The second kappa shape index (κ2) is 2.60. The Balaban J connectivity index is 2.14. The lowest BCUT2D eigenvalue weighted by Crippen LogP contribution is -2.45. The summed E-state index contributed by atoms with van der Waals surface area (Å²) in [6, 6.07) is 0. The number of hydrogen-bond donors (Lipinski definition) is 1. The van der Waals surface area contributed by atoms with Crippen molar-refractivity contribution in [3.05, 3.63) is 36.5 Å². The third-order valence-electron chi connectivity index (χ3n) is 4.30. The summed E-state index contributed by atoms with van der Waals surface area (Å²) in [6.07, 6.45) is 17.6. The number of rotatable bonds is 0. The summed E-state index contributed by atoms with van der Waals surface area (Å²) >= 11 is 0. The minimum atomic E-state index is -0.274. The van der Waals surface area contributed by atoms with Crippen molar-refractivity contribution in [3.8, 4) is 0 Å². The van der Waals surface area contributed by atoms with Crippen molar-refractivity contribution in [2.45, 2.75) is 31.8 Å². The summed E-state index contributed by atoms with van der Waals surface area (Å²) in [4.78, 5) is 0. The van der Waals surface area contributed by atoms with Gasteiger partial charge in [-0.1, -0.05) is 49.3 Å². The molecule has 1 saturated carbocycles. The van der Waals surface area contributed by atoms with Gasteiger partial charge >= 0.3 is 0 Å². The third kappa shape index (κ3) is 0.795. The molecule has 0 spiro atoms. The highest BCUT2D eigenvalue weighted by atomic mass is 16.3. The van der Waals surface area contributed by atoms with Crippen LogP contribution in [0.4, 0.5) is 0 Å². The Hall–Kier alpha value is -0.820. The standard InChI is InChI=1S/C13H16O/c14-11-5-10-12-6-1-3-8-13(11,12)9-4-2-7-12/h1,3,5-6,8,10-11,14H,2,4,7,9H2/t11-,12?,13?/m1/s1. The van der Waals surface area contributed by atoms with E-state index < -0.39 is 0 Å². The highest BCUT2D eigenvalue weighted by Crippen LogP contribution is 2.60. The van der Waals surface area contributed by atoms with Crippen molar-refractivity contribution < 1.29 is 5.11 Å². The monoisotopic (exact) mass is 188 g/mol. The fourth-order valence-corrected chi connectivity index (χ4v) is 3.48. The molecule has 0 heterocycles. The van der Waals surface area contributed by atoms with E-state index in [4.69, 9.17) is 0 Å². The van der Waals surface area contributed by atoms with E-state index in [1.807, 2.05) is 6.08 Å². The number of hydrogen-bond acceptors (Lipinski definition) is 1. The van der Waals surface area contributed by atoms with Gasteiger partial charge < -0.3 is 5.11 Å². The highest BCUT2D eigenvalue weighted by Gasteiger charge is 2.55. The van der Waals surface area contributed by atoms with Gasteiger partial charge in [-0.25, -0.2) is 0 Å². The summed E-state index contributed by atoms with van der Waals surface area (Å²) in [5.41, 5.74) is 0.138. The maximum atomic E-state index is 10.1. The Morgan fingerprint density at radius 3 is 2.64 bits per heavy atom. The normalized spacial score (nSPS) is 49.1. The maximum Gasteiger partial charge on any atom is 0.0823 e. The Kier molecular flexibility index (Phi) is 1.58. The average molecular weight is 188 g/mol. The van der Waals surface area contributed by atoms with E-state index in [1.54, 1.807) is 0 Å². The second-order valence-electron chi connectivity index (χ2n) is 4.81. The van der Waals surface area contributed by atoms with Crippen molar-refractivity contribution in [2.75, 3.05) is 0 Å². The molecule has 0 saturated heterocycles. The lowest BCUT2D eigenvalue weighted by molar-refractivity contribution is 0.0181. The lowest BCUT2D eigenvalue weighted by atomic mass is 9.55. The number of allylic oxidation sites excluding steroid dienone is 4. The smallest absolute Gasteiger partial charge is 0.0823 e. The summed E-state index contributed by atoms with van der Waals surface area (Å²) in [7, 11) is 0. The molecule has 0 amide bonds. The molecule has 2 unspecified atom stereocenters. The Labute approximate surface area is 84.8 Å². The van der Waals surface area contributed by atoms with Gasteiger partial charge in [0, 0.05) is 10.8 Å². The van der Waals surface area contributed by atoms with Crippen molar-refractivity contribution >= 4 is 0 Å². The summed E-state index contributed by atoms with van der Waals surface area (Å²) in [5.74, 6) is 0. The van der Waals surface area contributed by atoms with Crippen molar-refractivity contribution in [1.82, 2.24) is 0 Å². The predicted molar refractivity (Wildman–Crippen MR) is 56.8 cm³/mol. The summed E-state index contributed by atoms with van der Waals surface area (Å²) in [6.45, 7) is 0. The van der Waals surface area contributed by atoms with E-state index in [-0.39, 0.29) is 16.9 Å². The van der Waals surface area contributed by atoms with Gasteiger partial charge in [-0.2, -0.15) is 0 Å². The second-order valence-corrected chi connectivity index (χ2v) is 4.81. The molecule has 3 atom stereocenters. The van der Waals surface area contributed by atoms with Crippen molar-refractivity contribution in [2.24, 2.45) is 10.8 Å². The first-order chi connectivity index (χ1) is 6.79. The minimum absolute atomic E-state index is 0. The molecule has 3 aliphatic carbocycles.